The number of nitrogens with one attached hydrogen (secondary N) is 1. The molecule has 38 heavy (non-hydrogen) atoms. The molecule has 0 unspecified atom stereocenters. The lowest BCUT2D eigenvalue weighted by Gasteiger charge is -2.32. The van der Waals surface area contributed by atoms with Crippen LogP contribution < -0.4 is 9.62 Å². The Bertz CT molecular complexity index is 1400. The van der Waals surface area contributed by atoms with E-state index in [0.717, 1.165) is 4.31 Å². The van der Waals surface area contributed by atoms with Crippen molar-refractivity contribution in [3.05, 3.63) is 93.4 Å². The maximum Gasteiger partial charge on any atom is 0.264 e. The molecule has 1 N–H and O–H groups in total. The molecule has 0 saturated carbocycles. The Morgan fingerprint density at radius 1 is 0.842 bits per heavy atom. The first-order valence-electron chi connectivity index (χ1n) is 11.8. The van der Waals surface area contributed by atoms with Crippen LogP contribution in [0.2, 0.25) is 15.1 Å². The fraction of sp³-hybridized carbons (Fsp3) is 0.259. The summed E-state index contributed by atoms with van der Waals surface area (Å²) in [6.07, 6.45) is 0. The van der Waals surface area contributed by atoms with Crippen molar-refractivity contribution in [2.75, 3.05) is 10.8 Å². The van der Waals surface area contributed by atoms with E-state index in [2.05, 4.69) is 5.32 Å². The molecule has 0 bridgehead atoms. The van der Waals surface area contributed by atoms with Crippen LogP contribution in [0.3, 0.4) is 0 Å². The van der Waals surface area contributed by atoms with E-state index in [-0.39, 0.29) is 29.1 Å². The predicted octanol–water partition coefficient (Wildman–Crippen LogP) is 5.78. The smallest absolute Gasteiger partial charge is 0.264 e. The minimum atomic E-state index is -4.21. The molecule has 0 aromatic heterocycles. The van der Waals surface area contributed by atoms with Crippen LogP contribution in [0.15, 0.2) is 77.7 Å². The highest BCUT2D eigenvalue weighted by molar-refractivity contribution is 7.92. The van der Waals surface area contributed by atoms with Crippen LogP contribution in [0.4, 0.5) is 5.69 Å². The lowest BCUT2D eigenvalue weighted by molar-refractivity contribution is -0.139. The number of hydrogen-bond donors (Lipinski definition) is 1. The maximum absolute atomic E-state index is 13.8. The van der Waals surface area contributed by atoms with E-state index in [0.29, 0.717) is 20.6 Å². The van der Waals surface area contributed by atoms with Crippen molar-refractivity contribution in [1.29, 1.82) is 0 Å². The Kier molecular flexibility index (Phi) is 10.1. The number of amides is 2. The molecule has 0 saturated heterocycles. The molecule has 0 aliphatic carbocycles. The topological polar surface area (TPSA) is 86.8 Å². The summed E-state index contributed by atoms with van der Waals surface area (Å²) in [5.74, 6) is -0.959. The van der Waals surface area contributed by atoms with Crippen molar-refractivity contribution in [1.82, 2.24) is 10.2 Å². The van der Waals surface area contributed by atoms with Crippen LogP contribution in [0.5, 0.6) is 0 Å². The third kappa shape index (κ3) is 7.63. The van der Waals surface area contributed by atoms with E-state index in [9.17, 15) is 18.0 Å². The summed E-state index contributed by atoms with van der Waals surface area (Å²) in [5.41, 5.74) is 0.882. The molecule has 2 amide bonds. The second-order valence-corrected chi connectivity index (χ2v) is 12.1. The molecule has 0 aliphatic rings. The highest BCUT2D eigenvalue weighted by atomic mass is 35.5. The number of rotatable bonds is 10. The van der Waals surface area contributed by atoms with Crippen molar-refractivity contribution in [3.8, 4) is 0 Å². The van der Waals surface area contributed by atoms with Gasteiger partial charge in [-0.3, -0.25) is 13.9 Å². The molecule has 0 heterocycles. The zero-order valence-electron chi connectivity index (χ0n) is 21.1. The largest absolute Gasteiger partial charge is 0.352 e. The van der Waals surface area contributed by atoms with Crippen molar-refractivity contribution in [2.24, 2.45) is 0 Å². The fourth-order valence-corrected chi connectivity index (χ4v) is 5.64. The van der Waals surface area contributed by atoms with Crippen LogP contribution in [-0.4, -0.2) is 43.8 Å². The molecule has 11 heteroatoms. The van der Waals surface area contributed by atoms with Crippen LogP contribution in [0.25, 0.3) is 0 Å². The summed E-state index contributed by atoms with van der Waals surface area (Å²) in [4.78, 5) is 28.0. The van der Waals surface area contributed by atoms with Gasteiger partial charge < -0.3 is 10.2 Å². The van der Waals surface area contributed by atoms with Gasteiger partial charge in [0.05, 0.1) is 10.6 Å². The number of anilines is 1. The van der Waals surface area contributed by atoms with E-state index in [4.69, 9.17) is 34.8 Å². The molecule has 1 atom stereocenters. The van der Waals surface area contributed by atoms with Crippen molar-refractivity contribution in [3.63, 3.8) is 0 Å². The molecule has 0 aliphatic heterocycles. The zero-order chi connectivity index (χ0) is 28.0. The van der Waals surface area contributed by atoms with E-state index in [1.165, 1.54) is 35.2 Å². The summed E-state index contributed by atoms with van der Waals surface area (Å²) in [6, 6.07) is 17.7. The predicted molar refractivity (Wildman–Crippen MR) is 152 cm³/mol. The van der Waals surface area contributed by atoms with Gasteiger partial charge >= 0.3 is 0 Å². The highest BCUT2D eigenvalue weighted by Gasteiger charge is 2.32. The van der Waals surface area contributed by atoms with Gasteiger partial charge in [0, 0.05) is 27.7 Å². The Morgan fingerprint density at radius 3 is 2.03 bits per heavy atom. The van der Waals surface area contributed by atoms with Crippen LogP contribution in [0.1, 0.15) is 26.3 Å². The van der Waals surface area contributed by atoms with Gasteiger partial charge in [0.15, 0.2) is 0 Å². The molecular formula is C27H28Cl3N3O4S. The third-order valence-electron chi connectivity index (χ3n) is 5.62. The minimum absolute atomic E-state index is 0.0381. The average Bonchev–Trinajstić information content (AvgIpc) is 2.85. The van der Waals surface area contributed by atoms with Crippen LogP contribution >= 0.6 is 34.8 Å². The van der Waals surface area contributed by atoms with E-state index in [1.54, 1.807) is 49.4 Å². The number of hydrogen-bond acceptors (Lipinski definition) is 4. The number of sulfonamides is 1. The lowest BCUT2D eigenvalue weighted by Crippen LogP contribution is -2.52. The first-order chi connectivity index (χ1) is 17.9. The quantitative estimate of drug-likeness (QED) is 0.321. The molecule has 3 aromatic rings. The van der Waals surface area contributed by atoms with Gasteiger partial charge in [-0.15, -0.1) is 0 Å². The van der Waals surface area contributed by atoms with Crippen molar-refractivity contribution < 1.29 is 18.0 Å². The molecule has 3 rings (SSSR count). The van der Waals surface area contributed by atoms with Gasteiger partial charge in [0.1, 0.15) is 12.6 Å². The van der Waals surface area contributed by atoms with Crippen LogP contribution in [0, 0.1) is 0 Å². The first-order valence-corrected chi connectivity index (χ1v) is 14.3. The van der Waals surface area contributed by atoms with Crippen molar-refractivity contribution in [2.45, 2.75) is 44.3 Å². The summed E-state index contributed by atoms with van der Waals surface area (Å²) in [7, 11) is -4.21. The van der Waals surface area contributed by atoms with Gasteiger partial charge in [0.2, 0.25) is 11.8 Å². The second-order valence-electron chi connectivity index (χ2n) is 8.94. The van der Waals surface area contributed by atoms with Gasteiger partial charge in [-0.25, -0.2) is 8.42 Å². The van der Waals surface area contributed by atoms with Crippen molar-refractivity contribution >= 4 is 62.3 Å². The number of carbonyl (C=O) groups excluding carboxylic acids is 2. The molecule has 0 spiro atoms. The molecule has 202 valence electrons. The van der Waals surface area contributed by atoms with E-state index < -0.39 is 28.5 Å². The highest BCUT2D eigenvalue weighted by Crippen LogP contribution is 2.27. The Morgan fingerprint density at radius 2 is 1.45 bits per heavy atom. The molecule has 0 fully saturated rings. The first kappa shape index (κ1) is 29.8. The maximum atomic E-state index is 13.8. The minimum Gasteiger partial charge on any atom is -0.352 e. The fourth-order valence-electron chi connectivity index (χ4n) is 3.71. The number of halogens is 3. The van der Waals surface area contributed by atoms with Gasteiger partial charge in [-0.1, -0.05) is 53.0 Å². The average molecular weight is 597 g/mol. The second kappa shape index (κ2) is 12.8. The Hall–Kier alpha value is -2.78. The van der Waals surface area contributed by atoms with E-state index >= 15 is 0 Å². The summed E-state index contributed by atoms with van der Waals surface area (Å²) < 4.78 is 28.5. The van der Waals surface area contributed by atoms with Gasteiger partial charge in [-0.05, 0) is 80.9 Å². The normalized spacial score (nSPS) is 12.2. The summed E-state index contributed by atoms with van der Waals surface area (Å²) in [5, 5.41) is 3.95. The number of benzene rings is 3. The van der Waals surface area contributed by atoms with E-state index in [1.807, 2.05) is 13.8 Å². The summed E-state index contributed by atoms with van der Waals surface area (Å²) >= 11 is 18.3. The Labute approximate surface area is 238 Å². The zero-order valence-corrected chi connectivity index (χ0v) is 24.2. The summed E-state index contributed by atoms with van der Waals surface area (Å²) in [6.45, 7) is 4.68. The Balaban J connectivity index is 2.03. The van der Waals surface area contributed by atoms with Gasteiger partial charge in [0.25, 0.3) is 10.0 Å². The third-order valence-corrected chi connectivity index (χ3v) is 8.13. The lowest BCUT2D eigenvalue weighted by atomic mass is 10.1. The SMILES string of the molecule is CC(C)NC(=O)[C@H](C)N(Cc1cccc(Cl)c1)C(=O)CN(c1cccc(Cl)c1)S(=O)(=O)c1ccc(Cl)cc1. The van der Waals surface area contributed by atoms with Gasteiger partial charge in [-0.2, -0.15) is 0 Å². The number of carbonyl (C=O) groups is 2. The standard InChI is InChI=1S/C27H28Cl3N3O4S/c1-18(2)31-27(35)19(3)32(16-20-6-4-7-22(29)14-20)26(34)17-33(24-9-5-8-23(30)15-24)38(36,37)25-12-10-21(28)11-13-25/h4-15,18-19H,16-17H2,1-3H3,(H,31,35)/t19-/m0/s1. The number of nitrogens with zero attached hydrogens (tertiary/aromatic N) is 2. The monoisotopic (exact) mass is 595 g/mol. The van der Waals surface area contributed by atoms with Crippen LogP contribution in [-0.2, 0) is 26.2 Å². The molecule has 7 nitrogen and oxygen atoms in total. The molecular weight excluding hydrogens is 569 g/mol. The molecule has 0 radical (unpaired) electrons. The molecule has 3 aromatic carbocycles.